The third-order valence-corrected chi connectivity index (χ3v) is 3.50. The van der Waals surface area contributed by atoms with E-state index in [1.807, 2.05) is 47.9 Å². The van der Waals surface area contributed by atoms with Crippen molar-refractivity contribution in [2.75, 3.05) is 0 Å². The smallest absolute Gasteiger partial charge is 0.137 e. The van der Waals surface area contributed by atoms with E-state index >= 15 is 0 Å². The average Bonchev–Trinajstić information content (AvgIpc) is 2.76. The maximum absolute atomic E-state index is 10.1. The number of hydrogen-bond acceptors (Lipinski definition) is 2. The van der Waals surface area contributed by atoms with Gasteiger partial charge in [0.2, 0.25) is 0 Å². The summed E-state index contributed by atoms with van der Waals surface area (Å²) >= 11 is 0. The van der Waals surface area contributed by atoms with Gasteiger partial charge in [0.15, 0.2) is 0 Å². The molecule has 102 valence electrons. The van der Waals surface area contributed by atoms with Crippen molar-refractivity contribution in [3.05, 3.63) is 71.2 Å². The van der Waals surface area contributed by atoms with Crippen LogP contribution in [-0.2, 0) is 6.42 Å². The highest BCUT2D eigenvalue weighted by atomic mass is 16.3. The number of rotatable bonds is 3. The summed E-state index contributed by atoms with van der Waals surface area (Å²) in [5.74, 6) is 0. The first kappa shape index (κ1) is 12.9. The van der Waals surface area contributed by atoms with Crippen LogP contribution in [0.4, 0.5) is 0 Å². The fraction of sp³-hybridized carbons (Fsp3) is 0.235. The van der Waals surface area contributed by atoms with E-state index in [1.54, 1.807) is 6.92 Å². The fourth-order valence-corrected chi connectivity index (χ4v) is 2.58. The lowest BCUT2D eigenvalue weighted by Gasteiger charge is -2.08. The molecule has 1 atom stereocenters. The van der Waals surface area contributed by atoms with Crippen LogP contribution in [0, 0.1) is 6.92 Å². The first-order valence-corrected chi connectivity index (χ1v) is 6.84. The largest absolute Gasteiger partial charge is 0.387 e. The fourth-order valence-electron chi connectivity index (χ4n) is 2.58. The number of imidazole rings is 1. The van der Waals surface area contributed by atoms with Crippen LogP contribution >= 0.6 is 0 Å². The summed E-state index contributed by atoms with van der Waals surface area (Å²) in [6.07, 6.45) is 2.18. The lowest BCUT2D eigenvalue weighted by atomic mass is 10.1. The van der Waals surface area contributed by atoms with Gasteiger partial charge in [0.05, 0.1) is 17.5 Å². The summed E-state index contributed by atoms with van der Waals surface area (Å²) < 4.78 is 1.98. The third-order valence-electron chi connectivity index (χ3n) is 3.50. The van der Waals surface area contributed by atoms with E-state index in [4.69, 9.17) is 4.98 Å². The van der Waals surface area contributed by atoms with E-state index in [9.17, 15) is 5.11 Å². The van der Waals surface area contributed by atoms with E-state index in [2.05, 4.69) is 12.1 Å². The molecular weight excluding hydrogens is 248 g/mol. The third kappa shape index (κ3) is 2.32. The molecule has 0 aliphatic rings. The molecule has 3 nitrogen and oxygen atoms in total. The quantitative estimate of drug-likeness (QED) is 0.790. The number of aryl methyl sites for hydroxylation is 1. The molecule has 0 fully saturated rings. The zero-order chi connectivity index (χ0) is 14.1. The van der Waals surface area contributed by atoms with Crippen LogP contribution in [0.3, 0.4) is 0 Å². The van der Waals surface area contributed by atoms with Crippen LogP contribution < -0.4 is 0 Å². The zero-order valence-corrected chi connectivity index (χ0v) is 11.7. The summed E-state index contributed by atoms with van der Waals surface area (Å²) in [6, 6.07) is 14.3. The predicted octanol–water partition coefficient (Wildman–Crippen LogP) is 3.29. The normalized spacial score (nSPS) is 12.8. The van der Waals surface area contributed by atoms with Gasteiger partial charge in [-0.25, -0.2) is 4.98 Å². The van der Waals surface area contributed by atoms with Crippen LogP contribution in [0.25, 0.3) is 5.65 Å². The lowest BCUT2D eigenvalue weighted by Crippen LogP contribution is -2.02. The predicted molar refractivity (Wildman–Crippen MR) is 79.8 cm³/mol. The van der Waals surface area contributed by atoms with E-state index in [-0.39, 0.29) is 0 Å². The molecule has 2 heterocycles. The number of aliphatic hydroxyl groups excluding tert-OH is 1. The molecule has 3 rings (SSSR count). The Bertz CT molecular complexity index is 729. The Hall–Kier alpha value is -2.13. The molecule has 1 N–H and O–H groups in total. The van der Waals surface area contributed by atoms with Crippen LogP contribution in [0.2, 0.25) is 0 Å². The van der Waals surface area contributed by atoms with Gasteiger partial charge in [-0.2, -0.15) is 0 Å². The Morgan fingerprint density at radius 3 is 2.65 bits per heavy atom. The molecule has 3 aromatic rings. The van der Waals surface area contributed by atoms with Gasteiger partial charge in [-0.15, -0.1) is 0 Å². The summed E-state index contributed by atoms with van der Waals surface area (Å²) in [7, 11) is 0. The van der Waals surface area contributed by atoms with Gasteiger partial charge in [-0.1, -0.05) is 30.3 Å². The minimum Gasteiger partial charge on any atom is -0.387 e. The van der Waals surface area contributed by atoms with E-state index in [0.717, 1.165) is 23.5 Å². The van der Waals surface area contributed by atoms with Gasteiger partial charge in [0.1, 0.15) is 5.65 Å². The SMILES string of the molecule is Cc1ccn2c(C(C)O)c(Cc3ccccc3)nc2c1. The molecule has 0 aliphatic carbocycles. The molecule has 0 saturated carbocycles. The summed E-state index contributed by atoms with van der Waals surface area (Å²) in [4.78, 5) is 4.69. The average molecular weight is 266 g/mol. The van der Waals surface area contributed by atoms with Gasteiger partial charge in [0.25, 0.3) is 0 Å². The van der Waals surface area contributed by atoms with Crippen LogP contribution in [-0.4, -0.2) is 14.5 Å². The number of pyridine rings is 1. The van der Waals surface area contributed by atoms with E-state index in [1.165, 1.54) is 11.1 Å². The standard InChI is InChI=1S/C17H18N2O/c1-12-8-9-19-16(10-12)18-15(17(19)13(2)20)11-14-6-4-3-5-7-14/h3-10,13,20H,11H2,1-2H3. The number of aromatic nitrogens is 2. The summed E-state index contributed by atoms with van der Waals surface area (Å²) in [6.45, 7) is 3.84. The summed E-state index contributed by atoms with van der Waals surface area (Å²) in [5, 5.41) is 10.1. The Morgan fingerprint density at radius 2 is 1.95 bits per heavy atom. The van der Waals surface area contributed by atoms with Gasteiger partial charge in [0, 0.05) is 12.6 Å². The number of benzene rings is 1. The van der Waals surface area contributed by atoms with E-state index < -0.39 is 6.10 Å². The van der Waals surface area contributed by atoms with Crippen molar-refractivity contribution in [2.45, 2.75) is 26.4 Å². The second kappa shape index (κ2) is 5.10. The molecule has 0 bridgehead atoms. The van der Waals surface area contributed by atoms with Crippen molar-refractivity contribution >= 4 is 5.65 Å². The van der Waals surface area contributed by atoms with Crippen molar-refractivity contribution in [1.29, 1.82) is 0 Å². The topological polar surface area (TPSA) is 37.5 Å². The van der Waals surface area contributed by atoms with Gasteiger partial charge < -0.3 is 9.51 Å². The van der Waals surface area contributed by atoms with Crippen molar-refractivity contribution in [3.63, 3.8) is 0 Å². The Kier molecular flexibility index (Phi) is 3.28. The van der Waals surface area contributed by atoms with Crippen molar-refractivity contribution in [3.8, 4) is 0 Å². The van der Waals surface area contributed by atoms with Crippen LogP contribution in [0.5, 0.6) is 0 Å². The molecule has 0 spiro atoms. The number of hydrogen-bond donors (Lipinski definition) is 1. The first-order chi connectivity index (χ1) is 9.65. The molecule has 0 radical (unpaired) electrons. The Morgan fingerprint density at radius 1 is 1.20 bits per heavy atom. The molecule has 1 aromatic carbocycles. The lowest BCUT2D eigenvalue weighted by molar-refractivity contribution is 0.192. The number of nitrogens with zero attached hydrogens (tertiary/aromatic N) is 2. The summed E-state index contributed by atoms with van der Waals surface area (Å²) in [5.41, 5.74) is 5.09. The van der Waals surface area contributed by atoms with Crippen molar-refractivity contribution < 1.29 is 5.11 Å². The minimum absolute atomic E-state index is 0.536. The van der Waals surface area contributed by atoms with Crippen molar-refractivity contribution in [1.82, 2.24) is 9.38 Å². The number of aliphatic hydroxyl groups is 1. The zero-order valence-electron chi connectivity index (χ0n) is 11.7. The molecule has 0 saturated heterocycles. The molecule has 0 aliphatic heterocycles. The second-order valence-electron chi connectivity index (χ2n) is 5.21. The van der Waals surface area contributed by atoms with Crippen LogP contribution in [0.15, 0.2) is 48.7 Å². The first-order valence-electron chi connectivity index (χ1n) is 6.84. The molecule has 1 unspecified atom stereocenters. The van der Waals surface area contributed by atoms with Gasteiger partial charge >= 0.3 is 0 Å². The minimum atomic E-state index is -0.536. The Balaban J connectivity index is 2.12. The molecule has 3 heteroatoms. The molecular formula is C17H18N2O. The molecule has 2 aromatic heterocycles. The van der Waals surface area contributed by atoms with Gasteiger partial charge in [-0.05, 0) is 37.1 Å². The Labute approximate surface area is 118 Å². The van der Waals surface area contributed by atoms with Crippen LogP contribution in [0.1, 0.15) is 35.5 Å². The van der Waals surface area contributed by atoms with Crippen molar-refractivity contribution in [2.24, 2.45) is 0 Å². The molecule has 20 heavy (non-hydrogen) atoms. The molecule has 0 amide bonds. The van der Waals surface area contributed by atoms with Gasteiger partial charge in [-0.3, -0.25) is 0 Å². The van der Waals surface area contributed by atoms with E-state index in [0.29, 0.717) is 0 Å². The number of fused-ring (bicyclic) bond motifs is 1. The maximum atomic E-state index is 10.1. The highest BCUT2D eigenvalue weighted by molar-refractivity contribution is 5.47. The highest BCUT2D eigenvalue weighted by Gasteiger charge is 2.16. The maximum Gasteiger partial charge on any atom is 0.137 e. The second-order valence-corrected chi connectivity index (χ2v) is 5.21. The monoisotopic (exact) mass is 266 g/mol. The highest BCUT2D eigenvalue weighted by Crippen LogP contribution is 2.23.